The minimum absolute atomic E-state index is 0.173. The van der Waals surface area contributed by atoms with E-state index >= 15 is 0 Å². The first-order chi connectivity index (χ1) is 9.65. The number of amides is 2. The molecule has 1 aromatic rings. The van der Waals surface area contributed by atoms with Crippen LogP contribution >= 0.6 is 0 Å². The molecule has 20 heavy (non-hydrogen) atoms. The molecule has 5 nitrogen and oxygen atoms in total. The van der Waals surface area contributed by atoms with Gasteiger partial charge in [0.05, 0.1) is 5.92 Å². The Morgan fingerprint density at radius 2 is 2.00 bits per heavy atom. The van der Waals surface area contributed by atoms with Crippen LogP contribution < -0.4 is 10.2 Å². The minimum Gasteiger partial charge on any atom is -0.481 e. The van der Waals surface area contributed by atoms with Crippen molar-refractivity contribution >= 4 is 17.7 Å². The Morgan fingerprint density at radius 3 is 2.65 bits per heavy atom. The summed E-state index contributed by atoms with van der Waals surface area (Å²) < 4.78 is 0. The number of aliphatic carboxylic acids is 1. The van der Waals surface area contributed by atoms with Crippen LogP contribution in [0.4, 0.5) is 10.5 Å². The van der Waals surface area contributed by atoms with Crippen LogP contribution in [0, 0.1) is 5.92 Å². The predicted molar refractivity (Wildman–Crippen MR) is 74.8 cm³/mol. The van der Waals surface area contributed by atoms with E-state index in [1.54, 1.807) is 4.90 Å². The Kier molecular flexibility index (Phi) is 3.34. The molecule has 5 heteroatoms. The van der Waals surface area contributed by atoms with Gasteiger partial charge in [-0.05, 0) is 37.3 Å². The summed E-state index contributed by atoms with van der Waals surface area (Å²) >= 11 is 0. The fraction of sp³-hybridized carbons (Fsp3) is 0.467. The van der Waals surface area contributed by atoms with E-state index in [9.17, 15) is 14.7 Å². The van der Waals surface area contributed by atoms with Gasteiger partial charge in [-0.25, -0.2) is 4.79 Å². The van der Waals surface area contributed by atoms with E-state index in [0.29, 0.717) is 6.42 Å². The molecule has 106 valence electrons. The quantitative estimate of drug-likeness (QED) is 0.866. The minimum atomic E-state index is -0.846. The van der Waals surface area contributed by atoms with Gasteiger partial charge in [-0.1, -0.05) is 18.2 Å². The fourth-order valence-electron chi connectivity index (χ4n) is 2.76. The number of fused-ring (bicyclic) bond motifs is 1. The van der Waals surface area contributed by atoms with Gasteiger partial charge in [0, 0.05) is 18.3 Å². The number of carboxylic acids is 1. The van der Waals surface area contributed by atoms with Crippen LogP contribution in [-0.2, 0) is 11.2 Å². The van der Waals surface area contributed by atoms with Gasteiger partial charge in [-0.3, -0.25) is 9.69 Å². The molecule has 1 fully saturated rings. The molecule has 0 bridgehead atoms. The van der Waals surface area contributed by atoms with Crippen molar-refractivity contribution in [1.82, 2.24) is 5.32 Å². The van der Waals surface area contributed by atoms with E-state index in [2.05, 4.69) is 5.32 Å². The fourth-order valence-corrected chi connectivity index (χ4v) is 2.76. The number of hydrogen-bond acceptors (Lipinski definition) is 2. The standard InChI is InChI=1S/C15H18N2O3/c18-14(19)11-8-10-4-1-2-7-13(10)17(9-11)15(20)16-12-5-3-6-12/h1-2,4,7,11-12H,3,5-6,8-9H2,(H,16,20)(H,18,19). The zero-order valence-corrected chi connectivity index (χ0v) is 11.2. The molecule has 0 saturated heterocycles. The van der Waals surface area contributed by atoms with Crippen molar-refractivity contribution in [2.45, 2.75) is 31.7 Å². The summed E-state index contributed by atoms with van der Waals surface area (Å²) in [4.78, 5) is 25.2. The second-order valence-corrected chi connectivity index (χ2v) is 5.56. The molecular formula is C15H18N2O3. The second kappa shape index (κ2) is 5.15. The predicted octanol–water partition coefficient (Wildman–Crippen LogP) is 2.01. The third kappa shape index (κ3) is 2.35. The number of carbonyl (C=O) groups excluding carboxylic acids is 1. The van der Waals surface area contributed by atoms with Gasteiger partial charge in [0.1, 0.15) is 0 Å². The number of rotatable bonds is 2. The summed E-state index contributed by atoms with van der Waals surface area (Å²) in [7, 11) is 0. The number of nitrogens with one attached hydrogen (secondary N) is 1. The first-order valence-electron chi connectivity index (χ1n) is 7.04. The number of nitrogens with zero attached hydrogens (tertiary/aromatic N) is 1. The van der Waals surface area contributed by atoms with Crippen LogP contribution in [-0.4, -0.2) is 29.7 Å². The Hall–Kier alpha value is -2.04. The third-order valence-corrected chi connectivity index (χ3v) is 4.18. The zero-order valence-electron chi connectivity index (χ0n) is 11.2. The van der Waals surface area contributed by atoms with Gasteiger partial charge < -0.3 is 10.4 Å². The highest BCUT2D eigenvalue weighted by molar-refractivity contribution is 5.94. The highest BCUT2D eigenvalue weighted by atomic mass is 16.4. The molecule has 0 aromatic heterocycles. The average Bonchev–Trinajstić information content (AvgIpc) is 2.41. The van der Waals surface area contributed by atoms with Gasteiger partial charge in [0.15, 0.2) is 0 Å². The summed E-state index contributed by atoms with van der Waals surface area (Å²) in [6, 6.07) is 7.61. The molecule has 1 aromatic carbocycles. The van der Waals surface area contributed by atoms with Gasteiger partial charge in [-0.15, -0.1) is 0 Å². The molecule has 1 aliphatic carbocycles. The summed E-state index contributed by atoms with van der Waals surface area (Å²) in [6.07, 6.45) is 3.67. The largest absolute Gasteiger partial charge is 0.481 e. The first kappa shape index (κ1) is 13.0. The molecule has 0 radical (unpaired) electrons. The zero-order chi connectivity index (χ0) is 14.1. The van der Waals surface area contributed by atoms with Crippen molar-refractivity contribution in [2.75, 3.05) is 11.4 Å². The summed E-state index contributed by atoms with van der Waals surface area (Å²) in [5.41, 5.74) is 1.76. The van der Waals surface area contributed by atoms with E-state index in [1.807, 2.05) is 24.3 Å². The molecule has 2 amide bonds. The van der Waals surface area contributed by atoms with Crippen molar-refractivity contribution in [3.8, 4) is 0 Å². The Morgan fingerprint density at radius 1 is 1.25 bits per heavy atom. The molecule has 1 unspecified atom stereocenters. The molecular weight excluding hydrogens is 256 g/mol. The lowest BCUT2D eigenvalue weighted by molar-refractivity contribution is -0.141. The van der Waals surface area contributed by atoms with Gasteiger partial charge >= 0.3 is 12.0 Å². The maximum absolute atomic E-state index is 12.4. The van der Waals surface area contributed by atoms with Crippen LogP contribution in [0.3, 0.4) is 0 Å². The Bertz CT molecular complexity index is 540. The van der Waals surface area contributed by atoms with E-state index in [1.165, 1.54) is 0 Å². The molecule has 1 atom stereocenters. The van der Waals surface area contributed by atoms with Crippen molar-refractivity contribution in [2.24, 2.45) is 5.92 Å². The third-order valence-electron chi connectivity index (χ3n) is 4.18. The molecule has 1 aliphatic heterocycles. The number of urea groups is 1. The molecule has 0 spiro atoms. The average molecular weight is 274 g/mol. The SMILES string of the molecule is O=C(O)C1Cc2ccccc2N(C(=O)NC2CCC2)C1. The number of carboxylic acid groups (broad SMARTS) is 1. The lowest BCUT2D eigenvalue weighted by atomic mass is 9.92. The topological polar surface area (TPSA) is 69.6 Å². The molecule has 3 rings (SSSR count). The van der Waals surface area contributed by atoms with E-state index in [4.69, 9.17) is 0 Å². The van der Waals surface area contributed by atoms with Crippen molar-refractivity contribution in [3.05, 3.63) is 29.8 Å². The van der Waals surface area contributed by atoms with Gasteiger partial charge in [0.2, 0.25) is 0 Å². The van der Waals surface area contributed by atoms with E-state index in [0.717, 1.165) is 30.5 Å². The molecule has 2 aliphatic rings. The van der Waals surface area contributed by atoms with Crippen LogP contribution in [0.1, 0.15) is 24.8 Å². The summed E-state index contributed by atoms with van der Waals surface area (Å²) in [5, 5.41) is 12.2. The first-order valence-corrected chi connectivity index (χ1v) is 7.04. The maximum atomic E-state index is 12.4. The smallest absolute Gasteiger partial charge is 0.322 e. The van der Waals surface area contributed by atoms with Crippen molar-refractivity contribution in [3.63, 3.8) is 0 Å². The number of benzene rings is 1. The van der Waals surface area contributed by atoms with Crippen molar-refractivity contribution in [1.29, 1.82) is 0 Å². The number of anilines is 1. The normalized spacial score (nSPS) is 21.8. The lowest BCUT2D eigenvalue weighted by Gasteiger charge is -2.35. The number of para-hydroxylation sites is 1. The van der Waals surface area contributed by atoms with Gasteiger partial charge in [-0.2, -0.15) is 0 Å². The Labute approximate surface area is 117 Å². The maximum Gasteiger partial charge on any atom is 0.322 e. The van der Waals surface area contributed by atoms with Gasteiger partial charge in [0.25, 0.3) is 0 Å². The monoisotopic (exact) mass is 274 g/mol. The second-order valence-electron chi connectivity index (χ2n) is 5.56. The van der Waals surface area contributed by atoms with Crippen LogP contribution in [0.15, 0.2) is 24.3 Å². The Balaban J connectivity index is 1.83. The van der Waals surface area contributed by atoms with E-state index in [-0.39, 0.29) is 18.6 Å². The molecule has 1 saturated carbocycles. The number of hydrogen-bond donors (Lipinski definition) is 2. The lowest BCUT2D eigenvalue weighted by Crippen LogP contribution is -2.51. The molecule has 1 heterocycles. The summed E-state index contributed by atoms with van der Waals surface area (Å²) in [6.45, 7) is 0.241. The summed E-state index contributed by atoms with van der Waals surface area (Å²) in [5.74, 6) is -1.38. The molecule has 2 N–H and O–H groups in total. The highest BCUT2D eigenvalue weighted by Crippen LogP contribution is 2.30. The number of carbonyl (C=O) groups is 2. The van der Waals surface area contributed by atoms with Crippen LogP contribution in [0.2, 0.25) is 0 Å². The van der Waals surface area contributed by atoms with Crippen LogP contribution in [0.5, 0.6) is 0 Å². The highest BCUT2D eigenvalue weighted by Gasteiger charge is 2.33. The van der Waals surface area contributed by atoms with E-state index < -0.39 is 11.9 Å². The van der Waals surface area contributed by atoms with Crippen molar-refractivity contribution < 1.29 is 14.7 Å². The van der Waals surface area contributed by atoms with Crippen LogP contribution in [0.25, 0.3) is 0 Å².